The lowest BCUT2D eigenvalue weighted by Gasteiger charge is -2.27. The molecule has 1 aromatic rings. The first-order valence-electron chi connectivity index (χ1n) is 8.76. The molecule has 2 rings (SSSR count). The van der Waals surface area contributed by atoms with Gasteiger partial charge in [0.05, 0.1) is 5.92 Å². The molecule has 0 radical (unpaired) electrons. The number of aliphatic carboxylic acids is 1. The van der Waals surface area contributed by atoms with Gasteiger partial charge in [0.2, 0.25) is 5.91 Å². The van der Waals surface area contributed by atoms with E-state index < -0.39 is 11.9 Å². The lowest BCUT2D eigenvalue weighted by atomic mass is 9.86. The zero-order chi connectivity index (χ0) is 17.2. The van der Waals surface area contributed by atoms with Gasteiger partial charge in [-0.1, -0.05) is 12.5 Å². The van der Waals surface area contributed by atoms with Gasteiger partial charge in [-0.2, -0.15) is 0 Å². The van der Waals surface area contributed by atoms with Crippen molar-refractivity contribution in [2.75, 3.05) is 19.8 Å². The Morgan fingerprint density at radius 1 is 1.29 bits per heavy atom. The van der Waals surface area contributed by atoms with Crippen LogP contribution in [0.25, 0.3) is 0 Å². The zero-order valence-electron chi connectivity index (χ0n) is 14.0. The van der Waals surface area contributed by atoms with E-state index in [4.69, 9.17) is 4.74 Å². The summed E-state index contributed by atoms with van der Waals surface area (Å²) in [6.45, 7) is 1.47. The average Bonchev–Trinajstić information content (AvgIpc) is 3.09. The molecule has 134 valence electrons. The third-order valence-electron chi connectivity index (χ3n) is 4.58. The van der Waals surface area contributed by atoms with E-state index in [2.05, 4.69) is 22.8 Å². The van der Waals surface area contributed by atoms with Crippen molar-refractivity contribution in [3.05, 3.63) is 22.4 Å². The third-order valence-corrected chi connectivity index (χ3v) is 5.51. The molecule has 6 heteroatoms. The standard InChI is InChI=1S/C18H27NO4S/c20-17(7-3-1-2-5-15-6-4-12-24-15)19-13-16(18(21)22)14-8-10-23-11-9-14/h4,6,12,14,16H,1-3,5,7-11,13H2,(H,19,20)(H,21,22). The van der Waals surface area contributed by atoms with Crippen molar-refractivity contribution in [3.63, 3.8) is 0 Å². The number of carbonyl (C=O) groups is 2. The van der Waals surface area contributed by atoms with Crippen LogP contribution in [0.15, 0.2) is 17.5 Å². The van der Waals surface area contributed by atoms with Crippen LogP contribution in [0, 0.1) is 11.8 Å². The van der Waals surface area contributed by atoms with Gasteiger partial charge in [0.1, 0.15) is 0 Å². The largest absolute Gasteiger partial charge is 0.481 e. The highest BCUT2D eigenvalue weighted by molar-refractivity contribution is 7.09. The number of carbonyl (C=O) groups excluding carboxylic acids is 1. The van der Waals surface area contributed by atoms with Gasteiger partial charge < -0.3 is 15.2 Å². The predicted molar refractivity (Wildman–Crippen MR) is 94.2 cm³/mol. The molecule has 2 heterocycles. The summed E-state index contributed by atoms with van der Waals surface area (Å²) in [6.07, 6.45) is 6.03. The van der Waals surface area contributed by atoms with Gasteiger partial charge in [0, 0.05) is 31.1 Å². The fourth-order valence-electron chi connectivity index (χ4n) is 3.10. The van der Waals surface area contributed by atoms with Crippen molar-refractivity contribution in [1.82, 2.24) is 5.32 Å². The Bertz CT molecular complexity index is 497. The molecular formula is C18H27NO4S. The first kappa shape index (κ1) is 18.9. The highest BCUT2D eigenvalue weighted by atomic mass is 32.1. The molecule has 0 bridgehead atoms. The van der Waals surface area contributed by atoms with E-state index in [0.717, 1.165) is 38.5 Å². The van der Waals surface area contributed by atoms with Gasteiger partial charge in [-0.05, 0) is 49.5 Å². The van der Waals surface area contributed by atoms with Crippen molar-refractivity contribution in [2.24, 2.45) is 11.8 Å². The molecule has 1 amide bonds. The Kier molecular flexibility index (Phi) is 8.25. The number of nitrogens with one attached hydrogen (secondary N) is 1. The Hall–Kier alpha value is -1.40. The Balaban J connectivity index is 1.59. The van der Waals surface area contributed by atoms with Crippen LogP contribution in [-0.2, 0) is 20.7 Å². The molecule has 1 aliphatic rings. The summed E-state index contributed by atoms with van der Waals surface area (Å²) in [7, 11) is 0. The summed E-state index contributed by atoms with van der Waals surface area (Å²) >= 11 is 1.77. The summed E-state index contributed by atoms with van der Waals surface area (Å²) in [5.74, 6) is -1.26. The quantitative estimate of drug-likeness (QED) is 0.634. The summed E-state index contributed by atoms with van der Waals surface area (Å²) < 4.78 is 5.28. The minimum absolute atomic E-state index is 0.0376. The predicted octanol–water partition coefficient (Wildman–Crippen LogP) is 3.09. The second-order valence-corrected chi connectivity index (χ2v) is 7.37. The Morgan fingerprint density at radius 3 is 2.75 bits per heavy atom. The van der Waals surface area contributed by atoms with E-state index in [1.165, 1.54) is 4.88 Å². The van der Waals surface area contributed by atoms with Gasteiger partial charge in [-0.15, -0.1) is 11.3 Å². The zero-order valence-corrected chi connectivity index (χ0v) is 14.9. The fourth-order valence-corrected chi connectivity index (χ4v) is 3.85. The number of hydrogen-bond acceptors (Lipinski definition) is 4. The summed E-state index contributed by atoms with van der Waals surface area (Å²) in [6, 6.07) is 4.20. The van der Waals surface area contributed by atoms with Crippen molar-refractivity contribution in [1.29, 1.82) is 0 Å². The maximum atomic E-state index is 11.9. The number of ether oxygens (including phenoxy) is 1. The van der Waals surface area contributed by atoms with Crippen LogP contribution in [-0.4, -0.2) is 36.7 Å². The maximum Gasteiger partial charge on any atom is 0.308 e. The first-order valence-corrected chi connectivity index (χ1v) is 9.64. The summed E-state index contributed by atoms with van der Waals surface area (Å²) in [4.78, 5) is 24.7. The topological polar surface area (TPSA) is 75.6 Å². The number of carboxylic acid groups (broad SMARTS) is 1. The van der Waals surface area contributed by atoms with Crippen LogP contribution >= 0.6 is 11.3 Å². The SMILES string of the molecule is O=C(CCCCCc1cccs1)NCC(C(=O)O)C1CCOCC1. The van der Waals surface area contributed by atoms with Crippen LogP contribution in [0.5, 0.6) is 0 Å². The molecule has 1 fully saturated rings. The minimum Gasteiger partial charge on any atom is -0.481 e. The number of rotatable bonds is 10. The van der Waals surface area contributed by atoms with Crippen LogP contribution in [0.3, 0.4) is 0 Å². The van der Waals surface area contributed by atoms with Gasteiger partial charge in [-0.3, -0.25) is 9.59 Å². The molecule has 0 aromatic carbocycles. The number of hydrogen-bond donors (Lipinski definition) is 2. The number of thiophene rings is 1. The molecule has 24 heavy (non-hydrogen) atoms. The molecule has 0 saturated carbocycles. The highest BCUT2D eigenvalue weighted by Crippen LogP contribution is 2.23. The first-order chi connectivity index (χ1) is 11.7. The number of unbranched alkanes of at least 4 members (excludes halogenated alkanes) is 2. The number of aryl methyl sites for hydroxylation is 1. The van der Waals surface area contributed by atoms with E-state index in [0.29, 0.717) is 19.6 Å². The van der Waals surface area contributed by atoms with Crippen molar-refractivity contribution in [3.8, 4) is 0 Å². The highest BCUT2D eigenvalue weighted by Gasteiger charge is 2.29. The third kappa shape index (κ3) is 6.61. The molecule has 0 spiro atoms. The van der Waals surface area contributed by atoms with E-state index >= 15 is 0 Å². The smallest absolute Gasteiger partial charge is 0.308 e. The van der Waals surface area contributed by atoms with E-state index in [1.807, 2.05) is 0 Å². The molecule has 1 saturated heterocycles. The van der Waals surface area contributed by atoms with Gasteiger partial charge in [-0.25, -0.2) is 0 Å². The fraction of sp³-hybridized carbons (Fsp3) is 0.667. The van der Waals surface area contributed by atoms with Crippen LogP contribution < -0.4 is 5.32 Å². The lowest BCUT2D eigenvalue weighted by molar-refractivity contribution is -0.145. The monoisotopic (exact) mass is 353 g/mol. The van der Waals surface area contributed by atoms with E-state index in [1.54, 1.807) is 11.3 Å². The average molecular weight is 353 g/mol. The van der Waals surface area contributed by atoms with Gasteiger partial charge in [0.25, 0.3) is 0 Å². The molecule has 2 N–H and O–H groups in total. The summed E-state index contributed by atoms with van der Waals surface area (Å²) in [5, 5.41) is 14.3. The van der Waals surface area contributed by atoms with Crippen LogP contribution in [0.2, 0.25) is 0 Å². The van der Waals surface area contributed by atoms with Gasteiger partial charge in [0.15, 0.2) is 0 Å². The second kappa shape index (κ2) is 10.5. The normalized spacial score (nSPS) is 16.7. The minimum atomic E-state index is -0.821. The molecule has 1 aliphatic heterocycles. The molecule has 1 atom stereocenters. The molecule has 0 aliphatic carbocycles. The van der Waals surface area contributed by atoms with Crippen molar-refractivity contribution < 1.29 is 19.4 Å². The Labute approximate surface area is 147 Å². The number of amides is 1. The molecular weight excluding hydrogens is 326 g/mol. The van der Waals surface area contributed by atoms with Crippen LogP contribution in [0.4, 0.5) is 0 Å². The van der Waals surface area contributed by atoms with E-state index in [-0.39, 0.29) is 18.4 Å². The number of carboxylic acids is 1. The molecule has 1 unspecified atom stereocenters. The maximum absolute atomic E-state index is 11.9. The van der Waals surface area contributed by atoms with Gasteiger partial charge >= 0.3 is 5.97 Å². The lowest BCUT2D eigenvalue weighted by Crippen LogP contribution is -2.38. The molecule has 5 nitrogen and oxygen atoms in total. The van der Waals surface area contributed by atoms with Crippen LogP contribution in [0.1, 0.15) is 43.4 Å². The van der Waals surface area contributed by atoms with Crippen molar-refractivity contribution >= 4 is 23.2 Å². The Morgan fingerprint density at radius 2 is 2.08 bits per heavy atom. The molecule has 1 aromatic heterocycles. The summed E-state index contributed by atoms with van der Waals surface area (Å²) in [5.41, 5.74) is 0. The van der Waals surface area contributed by atoms with E-state index in [9.17, 15) is 14.7 Å². The second-order valence-electron chi connectivity index (χ2n) is 6.34. The van der Waals surface area contributed by atoms with Crippen molar-refractivity contribution in [2.45, 2.75) is 44.9 Å².